The van der Waals surface area contributed by atoms with Crippen LogP contribution in [0.2, 0.25) is 0 Å². The number of halogens is 1. The van der Waals surface area contributed by atoms with Gasteiger partial charge in [-0.1, -0.05) is 47.7 Å². The lowest BCUT2D eigenvalue weighted by atomic mass is 9.83. The van der Waals surface area contributed by atoms with Crippen LogP contribution in [0.1, 0.15) is 38.5 Å². The van der Waals surface area contributed by atoms with Crippen LogP contribution in [0.15, 0.2) is 12.7 Å². The lowest BCUT2D eigenvalue weighted by Gasteiger charge is -2.30. The van der Waals surface area contributed by atoms with E-state index in [0.717, 1.165) is 11.9 Å². The van der Waals surface area contributed by atoms with E-state index >= 15 is 0 Å². The fourth-order valence-corrected chi connectivity index (χ4v) is 2.88. The van der Waals surface area contributed by atoms with E-state index in [9.17, 15) is 0 Å². The van der Waals surface area contributed by atoms with Gasteiger partial charge in [-0.3, -0.25) is 0 Å². The first-order valence-electron chi connectivity index (χ1n) is 5.58. The molecule has 2 heteroatoms. The molecular weight excluding hydrogens is 240 g/mol. The highest BCUT2D eigenvalue weighted by molar-refractivity contribution is 9.09. The number of rotatable bonds is 5. The SMILES string of the molecule is C=CCOCC1(CBr)CCCCCC1. The first kappa shape index (κ1) is 12.3. The molecule has 0 aromatic carbocycles. The van der Waals surface area contributed by atoms with Crippen molar-refractivity contribution in [3.8, 4) is 0 Å². The summed E-state index contributed by atoms with van der Waals surface area (Å²) in [5.74, 6) is 0. The Kier molecular flexibility index (Phi) is 5.80. The van der Waals surface area contributed by atoms with Gasteiger partial charge in [-0.15, -0.1) is 6.58 Å². The molecule has 14 heavy (non-hydrogen) atoms. The molecule has 0 amide bonds. The van der Waals surface area contributed by atoms with Crippen LogP contribution in [-0.2, 0) is 4.74 Å². The molecule has 0 spiro atoms. The highest BCUT2D eigenvalue weighted by Crippen LogP contribution is 2.36. The molecule has 0 N–H and O–H groups in total. The van der Waals surface area contributed by atoms with Gasteiger partial charge in [0.05, 0.1) is 13.2 Å². The van der Waals surface area contributed by atoms with Crippen LogP contribution in [0.5, 0.6) is 0 Å². The van der Waals surface area contributed by atoms with Crippen LogP contribution in [0.4, 0.5) is 0 Å². The molecule has 1 aliphatic carbocycles. The van der Waals surface area contributed by atoms with Gasteiger partial charge in [0.2, 0.25) is 0 Å². The third kappa shape index (κ3) is 3.74. The predicted octanol–water partition coefficient (Wildman–Crippen LogP) is 3.92. The van der Waals surface area contributed by atoms with Gasteiger partial charge in [-0.25, -0.2) is 0 Å². The van der Waals surface area contributed by atoms with Gasteiger partial charge < -0.3 is 4.74 Å². The molecular formula is C12H21BrO. The Hall–Kier alpha value is 0.180. The summed E-state index contributed by atoms with van der Waals surface area (Å²) in [5, 5.41) is 1.08. The number of hydrogen-bond donors (Lipinski definition) is 0. The quantitative estimate of drug-likeness (QED) is 0.315. The Bertz CT molecular complexity index is 160. The number of alkyl halides is 1. The monoisotopic (exact) mass is 260 g/mol. The third-order valence-corrected chi connectivity index (χ3v) is 4.28. The number of ether oxygens (including phenoxy) is 1. The first-order valence-corrected chi connectivity index (χ1v) is 6.70. The Balaban J connectivity index is 2.40. The molecule has 0 radical (unpaired) electrons. The van der Waals surface area contributed by atoms with Crippen LogP contribution >= 0.6 is 15.9 Å². The van der Waals surface area contributed by atoms with Crippen LogP contribution in [-0.4, -0.2) is 18.5 Å². The zero-order valence-corrected chi connectivity index (χ0v) is 10.5. The molecule has 1 rings (SSSR count). The Labute approximate surface area is 96.0 Å². The minimum absolute atomic E-state index is 0.402. The lowest BCUT2D eigenvalue weighted by Crippen LogP contribution is -2.28. The summed E-state index contributed by atoms with van der Waals surface area (Å²) in [4.78, 5) is 0. The van der Waals surface area contributed by atoms with E-state index in [1.54, 1.807) is 0 Å². The highest BCUT2D eigenvalue weighted by atomic mass is 79.9. The minimum Gasteiger partial charge on any atom is -0.377 e. The fourth-order valence-electron chi connectivity index (χ4n) is 2.15. The summed E-state index contributed by atoms with van der Waals surface area (Å²) < 4.78 is 5.62. The summed E-state index contributed by atoms with van der Waals surface area (Å²) in [6.45, 7) is 5.26. The summed E-state index contributed by atoms with van der Waals surface area (Å²) >= 11 is 3.65. The highest BCUT2D eigenvalue weighted by Gasteiger charge is 2.29. The molecule has 0 bridgehead atoms. The molecule has 82 valence electrons. The third-order valence-electron chi connectivity index (χ3n) is 3.09. The molecule has 1 fully saturated rings. The Morgan fingerprint density at radius 1 is 1.21 bits per heavy atom. The van der Waals surface area contributed by atoms with Crippen molar-refractivity contribution in [2.24, 2.45) is 5.41 Å². The summed E-state index contributed by atoms with van der Waals surface area (Å²) in [6, 6.07) is 0. The predicted molar refractivity (Wildman–Crippen MR) is 64.9 cm³/mol. The second-order valence-corrected chi connectivity index (χ2v) is 4.91. The molecule has 0 saturated heterocycles. The van der Waals surface area contributed by atoms with E-state index in [1.165, 1.54) is 38.5 Å². The van der Waals surface area contributed by atoms with Crippen molar-refractivity contribution >= 4 is 15.9 Å². The van der Waals surface area contributed by atoms with Gasteiger partial charge in [0.25, 0.3) is 0 Å². The van der Waals surface area contributed by atoms with Crippen molar-refractivity contribution < 1.29 is 4.74 Å². The normalized spacial score (nSPS) is 21.5. The van der Waals surface area contributed by atoms with Crippen molar-refractivity contribution in [1.82, 2.24) is 0 Å². The zero-order chi connectivity index (χ0) is 10.3. The molecule has 1 nitrogen and oxygen atoms in total. The maximum Gasteiger partial charge on any atom is 0.0645 e. The molecule has 0 aliphatic heterocycles. The van der Waals surface area contributed by atoms with E-state index in [2.05, 4.69) is 22.5 Å². The molecule has 1 saturated carbocycles. The van der Waals surface area contributed by atoms with Crippen molar-refractivity contribution in [3.05, 3.63) is 12.7 Å². The van der Waals surface area contributed by atoms with Gasteiger partial charge in [-0.05, 0) is 12.8 Å². The van der Waals surface area contributed by atoms with Crippen LogP contribution in [0.25, 0.3) is 0 Å². The molecule has 0 atom stereocenters. The smallest absolute Gasteiger partial charge is 0.0645 e. The second-order valence-electron chi connectivity index (χ2n) is 4.35. The van der Waals surface area contributed by atoms with Crippen LogP contribution < -0.4 is 0 Å². The van der Waals surface area contributed by atoms with Crippen LogP contribution in [0.3, 0.4) is 0 Å². The lowest BCUT2D eigenvalue weighted by molar-refractivity contribution is 0.0639. The summed E-state index contributed by atoms with van der Waals surface area (Å²) in [7, 11) is 0. The molecule has 0 heterocycles. The van der Waals surface area contributed by atoms with Crippen LogP contribution in [0, 0.1) is 5.41 Å². The van der Waals surface area contributed by atoms with Gasteiger partial charge >= 0.3 is 0 Å². The van der Waals surface area contributed by atoms with Crippen molar-refractivity contribution in [2.75, 3.05) is 18.5 Å². The largest absolute Gasteiger partial charge is 0.377 e. The van der Waals surface area contributed by atoms with Gasteiger partial charge in [0.1, 0.15) is 0 Å². The standard InChI is InChI=1S/C12H21BrO/c1-2-9-14-11-12(10-13)7-5-3-4-6-8-12/h2H,1,3-11H2. The average molecular weight is 261 g/mol. The zero-order valence-electron chi connectivity index (χ0n) is 8.93. The topological polar surface area (TPSA) is 9.23 Å². The van der Waals surface area contributed by atoms with E-state index in [0.29, 0.717) is 12.0 Å². The van der Waals surface area contributed by atoms with E-state index in [4.69, 9.17) is 4.74 Å². The molecule has 1 aliphatic rings. The maximum atomic E-state index is 5.62. The van der Waals surface area contributed by atoms with Crippen molar-refractivity contribution in [3.63, 3.8) is 0 Å². The molecule has 0 aromatic rings. The van der Waals surface area contributed by atoms with Gasteiger partial charge in [-0.2, -0.15) is 0 Å². The van der Waals surface area contributed by atoms with Crippen molar-refractivity contribution in [1.29, 1.82) is 0 Å². The molecule has 0 unspecified atom stereocenters. The summed E-state index contributed by atoms with van der Waals surface area (Å²) in [6.07, 6.45) is 9.99. The second kappa shape index (κ2) is 6.62. The molecule has 0 aromatic heterocycles. The Morgan fingerprint density at radius 2 is 1.86 bits per heavy atom. The van der Waals surface area contributed by atoms with Gasteiger partial charge in [0, 0.05) is 10.7 Å². The van der Waals surface area contributed by atoms with Gasteiger partial charge in [0.15, 0.2) is 0 Å². The maximum absolute atomic E-state index is 5.62. The number of hydrogen-bond acceptors (Lipinski definition) is 1. The summed E-state index contributed by atoms with van der Waals surface area (Å²) in [5.41, 5.74) is 0.402. The first-order chi connectivity index (χ1) is 6.83. The van der Waals surface area contributed by atoms with E-state index < -0.39 is 0 Å². The van der Waals surface area contributed by atoms with Crippen molar-refractivity contribution in [2.45, 2.75) is 38.5 Å². The van der Waals surface area contributed by atoms with E-state index in [1.807, 2.05) is 6.08 Å². The minimum atomic E-state index is 0.402. The van der Waals surface area contributed by atoms with E-state index in [-0.39, 0.29) is 0 Å². The Morgan fingerprint density at radius 3 is 2.36 bits per heavy atom. The fraction of sp³-hybridized carbons (Fsp3) is 0.833. The average Bonchev–Trinajstić information content (AvgIpc) is 2.45.